The fourth-order valence-corrected chi connectivity index (χ4v) is 1.29. The molecule has 0 aliphatic heterocycles. The van der Waals surface area contributed by atoms with Crippen molar-refractivity contribution < 1.29 is 4.42 Å². The summed E-state index contributed by atoms with van der Waals surface area (Å²) in [4.78, 5) is 7.85. The molecule has 0 unspecified atom stereocenters. The Kier molecular flexibility index (Phi) is 1.42. The minimum Gasteiger partial charge on any atom is -0.431 e. The highest BCUT2D eigenvalue weighted by molar-refractivity contribution is 9.10. The van der Waals surface area contributed by atoms with Gasteiger partial charge in [0.15, 0.2) is 4.67 Å². The second-order valence-corrected chi connectivity index (χ2v) is 2.96. The van der Waals surface area contributed by atoms with Gasteiger partial charge in [-0.15, -0.1) is 0 Å². The average molecular weight is 213 g/mol. The van der Waals surface area contributed by atoms with Crippen LogP contribution in [0.2, 0.25) is 0 Å². The van der Waals surface area contributed by atoms with E-state index >= 15 is 0 Å². The van der Waals surface area contributed by atoms with Crippen LogP contribution in [0.15, 0.2) is 21.6 Å². The highest BCUT2D eigenvalue weighted by Crippen LogP contribution is 2.26. The van der Waals surface area contributed by atoms with E-state index in [2.05, 4.69) is 25.9 Å². The van der Waals surface area contributed by atoms with Crippen molar-refractivity contribution in [1.82, 2.24) is 9.97 Å². The first kappa shape index (κ1) is 6.79. The summed E-state index contributed by atoms with van der Waals surface area (Å²) in [5.41, 5.74) is 1.67. The van der Waals surface area contributed by atoms with E-state index in [1.807, 2.05) is 6.92 Å². The second kappa shape index (κ2) is 2.30. The maximum absolute atomic E-state index is 5.26. The van der Waals surface area contributed by atoms with Gasteiger partial charge in [0, 0.05) is 11.8 Å². The molecule has 0 fully saturated rings. The summed E-state index contributed by atoms with van der Waals surface area (Å²) >= 11 is 3.27. The van der Waals surface area contributed by atoms with Gasteiger partial charge in [-0.1, -0.05) is 0 Å². The summed E-state index contributed by atoms with van der Waals surface area (Å²) in [6.45, 7) is 1.96. The molecule has 0 aromatic carbocycles. The lowest BCUT2D eigenvalue weighted by Crippen LogP contribution is -1.75. The Bertz CT molecular complexity index is 396. The van der Waals surface area contributed by atoms with Gasteiger partial charge in [-0.05, 0) is 22.9 Å². The van der Waals surface area contributed by atoms with Crippen LogP contribution in [0.5, 0.6) is 0 Å². The summed E-state index contributed by atoms with van der Waals surface area (Å²) in [6, 6.07) is 0. The van der Waals surface area contributed by atoms with Gasteiger partial charge < -0.3 is 4.42 Å². The smallest absolute Gasteiger partial charge is 0.230 e. The van der Waals surface area contributed by atoms with E-state index < -0.39 is 0 Å². The number of nitrogens with zero attached hydrogens (tertiary/aromatic N) is 2. The Morgan fingerprint density at radius 3 is 3.09 bits per heavy atom. The zero-order valence-electron chi connectivity index (χ0n) is 5.84. The largest absolute Gasteiger partial charge is 0.431 e. The molecule has 0 bridgehead atoms. The standard InChI is InChI=1S/C7H5BrN2O/c1-4-5-2-9-3-10-7(5)11-6(4)8/h2-3H,1H3. The molecule has 0 spiro atoms. The normalized spacial score (nSPS) is 10.7. The summed E-state index contributed by atoms with van der Waals surface area (Å²) in [5, 5.41) is 0.958. The van der Waals surface area contributed by atoms with Gasteiger partial charge in [0.25, 0.3) is 0 Å². The third-order valence-electron chi connectivity index (χ3n) is 1.56. The number of aromatic nitrogens is 2. The Morgan fingerprint density at radius 1 is 1.55 bits per heavy atom. The van der Waals surface area contributed by atoms with Crippen LogP contribution >= 0.6 is 15.9 Å². The van der Waals surface area contributed by atoms with E-state index in [-0.39, 0.29) is 0 Å². The zero-order chi connectivity index (χ0) is 7.84. The molecule has 0 saturated carbocycles. The van der Waals surface area contributed by atoms with Gasteiger partial charge >= 0.3 is 0 Å². The Labute approximate surface area is 71.6 Å². The number of rotatable bonds is 0. The van der Waals surface area contributed by atoms with Crippen molar-refractivity contribution in [1.29, 1.82) is 0 Å². The van der Waals surface area contributed by atoms with Crippen LogP contribution in [0.3, 0.4) is 0 Å². The van der Waals surface area contributed by atoms with Crippen LogP contribution in [0.4, 0.5) is 0 Å². The molecule has 0 N–H and O–H groups in total. The first-order chi connectivity index (χ1) is 5.29. The van der Waals surface area contributed by atoms with Crippen molar-refractivity contribution in [3.63, 3.8) is 0 Å². The molecule has 4 heteroatoms. The minimum absolute atomic E-state index is 0.629. The maximum atomic E-state index is 5.26. The molecule has 2 rings (SSSR count). The molecule has 0 atom stereocenters. The Hall–Kier alpha value is -0.900. The van der Waals surface area contributed by atoms with Crippen LogP contribution in [-0.4, -0.2) is 9.97 Å². The van der Waals surface area contributed by atoms with Crippen LogP contribution in [0, 0.1) is 6.92 Å². The molecule has 2 aromatic rings. The van der Waals surface area contributed by atoms with E-state index in [0.29, 0.717) is 5.71 Å². The predicted molar refractivity (Wildman–Crippen MR) is 44.2 cm³/mol. The highest BCUT2D eigenvalue weighted by Gasteiger charge is 2.07. The SMILES string of the molecule is Cc1c(Br)oc2ncncc12. The fraction of sp³-hybridized carbons (Fsp3) is 0.143. The Balaban J connectivity index is 2.92. The molecule has 0 radical (unpaired) electrons. The van der Waals surface area contributed by atoms with Crippen molar-refractivity contribution in [2.75, 3.05) is 0 Å². The predicted octanol–water partition coefficient (Wildman–Crippen LogP) is 2.29. The molecule has 11 heavy (non-hydrogen) atoms. The van der Waals surface area contributed by atoms with E-state index in [9.17, 15) is 0 Å². The first-order valence-electron chi connectivity index (χ1n) is 3.13. The van der Waals surface area contributed by atoms with Crippen molar-refractivity contribution in [3.05, 3.63) is 22.8 Å². The van der Waals surface area contributed by atoms with Crippen molar-refractivity contribution in [3.8, 4) is 0 Å². The van der Waals surface area contributed by atoms with Gasteiger partial charge in [-0.3, -0.25) is 0 Å². The van der Waals surface area contributed by atoms with Gasteiger partial charge in [0.1, 0.15) is 6.33 Å². The lowest BCUT2D eigenvalue weighted by molar-refractivity contribution is 0.572. The van der Waals surface area contributed by atoms with Crippen molar-refractivity contribution >= 4 is 27.0 Å². The number of furan rings is 1. The topological polar surface area (TPSA) is 38.9 Å². The number of halogens is 1. The van der Waals surface area contributed by atoms with E-state index in [0.717, 1.165) is 15.6 Å². The number of aryl methyl sites for hydroxylation is 1. The van der Waals surface area contributed by atoms with Crippen LogP contribution < -0.4 is 0 Å². The summed E-state index contributed by atoms with van der Waals surface area (Å²) < 4.78 is 5.99. The van der Waals surface area contributed by atoms with Gasteiger partial charge in [0.05, 0.1) is 5.39 Å². The number of fused-ring (bicyclic) bond motifs is 1. The Morgan fingerprint density at radius 2 is 2.36 bits per heavy atom. The highest BCUT2D eigenvalue weighted by atomic mass is 79.9. The number of hydrogen-bond donors (Lipinski definition) is 0. The third kappa shape index (κ3) is 0.939. The quantitative estimate of drug-likeness (QED) is 0.673. The van der Waals surface area contributed by atoms with Crippen LogP contribution in [0.25, 0.3) is 11.1 Å². The average Bonchev–Trinajstić information content (AvgIpc) is 2.30. The molecule has 0 aliphatic carbocycles. The first-order valence-corrected chi connectivity index (χ1v) is 3.93. The van der Waals surface area contributed by atoms with Crippen molar-refractivity contribution in [2.45, 2.75) is 6.92 Å². The van der Waals surface area contributed by atoms with Gasteiger partial charge in [-0.2, -0.15) is 0 Å². The van der Waals surface area contributed by atoms with Crippen LogP contribution in [-0.2, 0) is 0 Å². The third-order valence-corrected chi connectivity index (χ3v) is 2.32. The number of hydrogen-bond acceptors (Lipinski definition) is 3. The maximum Gasteiger partial charge on any atom is 0.230 e. The molecule has 2 aromatic heterocycles. The molecule has 56 valence electrons. The van der Waals surface area contributed by atoms with E-state index in [1.165, 1.54) is 6.33 Å². The molecular weight excluding hydrogens is 208 g/mol. The van der Waals surface area contributed by atoms with Crippen LogP contribution in [0.1, 0.15) is 5.56 Å². The molecule has 0 aliphatic rings. The van der Waals surface area contributed by atoms with E-state index in [4.69, 9.17) is 4.42 Å². The lowest BCUT2D eigenvalue weighted by Gasteiger charge is -1.83. The monoisotopic (exact) mass is 212 g/mol. The molecule has 0 amide bonds. The van der Waals surface area contributed by atoms with E-state index in [1.54, 1.807) is 6.20 Å². The lowest BCUT2D eigenvalue weighted by atomic mass is 10.3. The molecule has 0 saturated heterocycles. The second-order valence-electron chi connectivity index (χ2n) is 2.24. The minimum atomic E-state index is 0.629. The molecule has 2 heterocycles. The summed E-state index contributed by atoms with van der Waals surface area (Å²) in [5.74, 6) is 0. The van der Waals surface area contributed by atoms with Crippen molar-refractivity contribution in [2.24, 2.45) is 0 Å². The molecular formula is C7H5BrN2O. The van der Waals surface area contributed by atoms with Gasteiger partial charge in [-0.25, -0.2) is 9.97 Å². The van der Waals surface area contributed by atoms with Gasteiger partial charge in [0.2, 0.25) is 5.71 Å². The summed E-state index contributed by atoms with van der Waals surface area (Å²) in [7, 11) is 0. The summed E-state index contributed by atoms with van der Waals surface area (Å²) in [6.07, 6.45) is 3.21. The molecule has 3 nitrogen and oxygen atoms in total. The zero-order valence-corrected chi connectivity index (χ0v) is 7.42. The fourth-order valence-electron chi connectivity index (χ4n) is 0.924.